The predicted molar refractivity (Wildman–Crippen MR) is 74.0 cm³/mol. The summed E-state index contributed by atoms with van der Waals surface area (Å²) in [5, 5.41) is 0. The van der Waals surface area contributed by atoms with Crippen LogP contribution in [0.2, 0.25) is 0 Å². The zero-order valence-corrected chi connectivity index (χ0v) is 11.2. The molecule has 2 N–H and O–H groups in total. The van der Waals surface area contributed by atoms with Crippen LogP contribution in [0.25, 0.3) is 0 Å². The summed E-state index contributed by atoms with van der Waals surface area (Å²) in [6.45, 7) is 5.95. The zero-order chi connectivity index (χ0) is 13.2. The van der Waals surface area contributed by atoms with Gasteiger partial charge in [-0.3, -0.25) is 0 Å². The normalized spacial score (nSPS) is 11.3. The van der Waals surface area contributed by atoms with E-state index in [0.29, 0.717) is 19.8 Å². The third kappa shape index (κ3) is 6.13. The standard InChI is InChI=1S/C14H22N2O2/c1-3-9-18-14(15)16-8-5-10-17-13-7-4-6-12(2)11-13/h4,6-7,11H,3,5,8-10H2,1-2H3,(H2,15,16). The van der Waals surface area contributed by atoms with Crippen LogP contribution in [0.4, 0.5) is 0 Å². The zero-order valence-electron chi connectivity index (χ0n) is 11.2. The van der Waals surface area contributed by atoms with Gasteiger partial charge < -0.3 is 15.2 Å². The van der Waals surface area contributed by atoms with E-state index < -0.39 is 0 Å². The third-order valence-corrected chi connectivity index (χ3v) is 2.28. The maximum atomic E-state index is 5.60. The van der Waals surface area contributed by atoms with Crippen LogP contribution in [0, 0.1) is 6.92 Å². The van der Waals surface area contributed by atoms with Crippen molar-refractivity contribution in [1.29, 1.82) is 0 Å². The molecule has 0 amide bonds. The van der Waals surface area contributed by atoms with Crippen LogP contribution in [0.5, 0.6) is 5.75 Å². The Kier molecular flexibility index (Phi) is 6.69. The molecule has 0 atom stereocenters. The molecule has 0 aromatic heterocycles. The lowest BCUT2D eigenvalue weighted by Crippen LogP contribution is -2.17. The van der Waals surface area contributed by atoms with E-state index in [1.54, 1.807) is 0 Å². The summed E-state index contributed by atoms with van der Waals surface area (Å²) in [6, 6.07) is 8.27. The van der Waals surface area contributed by atoms with Crippen molar-refractivity contribution in [2.24, 2.45) is 10.7 Å². The highest BCUT2D eigenvalue weighted by atomic mass is 16.5. The van der Waals surface area contributed by atoms with E-state index in [0.717, 1.165) is 18.6 Å². The van der Waals surface area contributed by atoms with Gasteiger partial charge in [-0.05, 0) is 31.0 Å². The SMILES string of the molecule is CCCOC(N)=NCCCOc1cccc(C)c1. The quantitative estimate of drug-likeness (QED) is 0.459. The molecule has 0 saturated carbocycles. The summed E-state index contributed by atoms with van der Waals surface area (Å²) in [7, 11) is 0. The van der Waals surface area contributed by atoms with Crippen molar-refractivity contribution < 1.29 is 9.47 Å². The molecule has 1 aromatic carbocycles. The lowest BCUT2D eigenvalue weighted by molar-refractivity contribution is 0.294. The molecule has 0 spiro atoms. The van der Waals surface area contributed by atoms with Gasteiger partial charge in [0.05, 0.1) is 13.2 Å². The molecule has 0 aliphatic carbocycles. The highest BCUT2D eigenvalue weighted by molar-refractivity contribution is 5.71. The lowest BCUT2D eigenvalue weighted by atomic mass is 10.2. The minimum atomic E-state index is 0.271. The summed E-state index contributed by atoms with van der Waals surface area (Å²) in [5.74, 6) is 0.897. The van der Waals surface area contributed by atoms with Crippen LogP contribution >= 0.6 is 0 Å². The molecule has 100 valence electrons. The van der Waals surface area contributed by atoms with Gasteiger partial charge in [0.25, 0.3) is 6.02 Å². The Morgan fingerprint density at radius 3 is 2.89 bits per heavy atom. The Labute approximate surface area is 109 Å². The fraction of sp³-hybridized carbons (Fsp3) is 0.500. The van der Waals surface area contributed by atoms with Crippen molar-refractivity contribution in [1.82, 2.24) is 0 Å². The summed E-state index contributed by atoms with van der Waals surface area (Å²) in [5.41, 5.74) is 6.76. The molecular weight excluding hydrogens is 228 g/mol. The second kappa shape index (κ2) is 8.39. The molecule has 0 aliphatic heterocycles. The summed E-state index contributed by atoms with van der Waals surface area (Å²) in [6.07, 6.45) is 1.76. The van der Waals surface area contributed by atoms with Gasteiger partial charge in [-0.25, -0.2) is 4.99 Å². The number of ether oxygens (including phenoxy) is 2. The Morgan fingerprint density at radius 1 is 1.33 bits per heavy atom. The number of hydrogen-bond donors (Lipinski definition) is 1. The molecule has 0 fully saturated rings. The van der Waals surface area contributed by atoms with Gasteiger partial charge in [0, 0.05) is 13.0 Å². The molecule has 0 aliphatic rings. The first-order valence-corrected chi connectivity index (χ1v) is 6.34. The van der Waals surface area contributed by atoms with Crippen LogP contribution in [0.15, 0.2) is 29.3 Å². The van der Waals surface area contributed by atoms with Crippen molar-refractivity contribution in [2.75, 3.05) is 19.8 Å². The highest BCUT2D eigenvalue weighted by Crippen LogP contribution is 2.12. The first-order valence-electron chi connectivity index (χ1n) is 6.34. The maximum Gasteiger partial charge on any atom is 0.281 e. The van der Waals surface area contributed by atoms with Crippen molar-refractivity contribution in [2.45, 2.75) is 26.7 Å². The molecule has 0 unspecified atom stereocenters. The van der Waals surface area contributed by atoms with E-state index in [2.05, 4.69) is 4.99 Å². The number of hydrogen-bond acceptors (Lipinski definition) is 3. The molecule has 0 heterocycles. The van der Waals surface area contributed by atoms with E-state index in [4.69, 9.17) is 15.2 Å². The number of benzene rings is 1. The molecule has 0 saturated heterocycles. The predicted octanol–water partition coefficient (Wildman–Crippen LogP) is 2.51. The number of aryl methyl sites for hydroxylation is 1. The Morgan fingerprint density at radius 2 is 2.17 bits per heavy atom. The summed E-state index contributed by atoms with van der Waals surface area (Å²) >= 11 is 0. The van der Waals surface area contributed by atoms with Gasteiger partial charge in [0.15, 0.2) is 0 Å². The fourth-order valence-electron chi connectivity index (χ4n) is 1.40. The fourth-order valence-corrected chi connectivity index (χ4v) is 1.40. The molecule has 1 aromatic rings. The van der Waals surface area contributed by atoms with Crippen LogP contribution < -0.4 is 10.5 Å². The Balaban J connectivity index is 2.15. The van der Waals surface area contributed by atoms with Gasteiger partial charge in [0.2, 0.25) is 0 Å². The maximum absolute atomic E-state index is 5.60. The van der Waals surface area contributed by atoms with Gasteiger partial charge >= 0.3 is 0 Å². The largest absolute Gasteiger partial charge is 0.494 e. The van der Waals surface area contributed by atoms with Crippen LogP contribution in [0.3, 0.4) is 0 Å². The summed E-state index contributed by atoms with van der Waals surface area (Å²) in [4.78, 5) is 4.10. The van der Waals surface area contributed by atoms with Crippen LogP contribution in [0.1, 0.15) is 25.3 Å². The third-order valence-electron chi connectivity index (χ3n) is 2.28. The number of nitrogens with two attached hydrogens (primary N) is 1. The smallest absolute Gasteiger partial charge is 0.281 e. The Bertz CT molecular complexity index is 378. The number of rotatable bonds is 7. The average molecular weight is 250 g/mol. The number of aliphatic imine (C=N–C) groups is 1. The van der Waals surface area contributed by atoms with Crippen molar-refractivity contribution >= 4 is 6.02 Å². The average Bonchev–Trinajstić information content (AvgIpc) is 2.36. The number of amidine groups is 1. The van der Waals surface area contributed by atoms with E-state index >= 15 is 0 Å². The molecule has 0 bridgehead atoms. The van der Waals surface area contributed by atoms with E-state index in [1.807, 2.05) is 38.1 Å². The lowest BCUT2D eigenvalue weighted by Gasteiger charge is -2.06. The minimum absolute atomic E-state index is 0.271. The monoisotopic (exact) mass is 250 g/mol. The molecule has 4 heteroatoms. The van der Waals surface area contributed by atoms with Gasteiger partial charge in [-0.2, -0.15) is 0 Å². The number of nitrogens with zero attached hydrogens (tertiary/aromatic N) is 1. The second-order valence-corrected chi connectivity index (χ2v) is 4.09. The van der Waals surface area contributed by atoms with E-state index in [1.165, 1.54) is 5.56 Å². The van der Waals surface area contributed by atoms with Crippen molar-refractivity contribution in [3.05, 3.63) is 29.8 Å². The van der Waals surface area contributed by atoms with Crippen LogP contribution in [-0.4, -0.2) is 25.8 Å². The molecule has 1 rings (SSSR count). The van der Waals surface area contributed by atoms with Crippen molar-refractivity contribution in [3.8, 4) is 5.75 Å². The van der Waals surface area contributed by atoms with Gasteiger partial charge in [-0.1, -0.05) is 19.1 Å². The molecule has 18 heavy (non-hydrogen) atoms. The minimum Gasteiger partial charge on any atom is -0.494 e. The molecule has 0 radical (unpaired) electrons. The first kappa shape index (κ1) is 14.4. The van der Waals surface area contributed by atoms with Crippen molar-refractivity contribution in [3.63, 3.8) is 0 Å². The molecular formula is C14H22N2O2. The van der Waals surface area contributed by atoms with E-state index in [-0.39, 0.29) is 6.02 Å². The van der Waals surface area contributed by atoms with E-state index in [9.17, 15) is 0 Å². The highest BCUT2D eigenvalue weighted by Gasteiger charge is 1.95. The Hall–Kier alpha value is -1.71. The van der Waals surface area contributed by atoms with Crippen LogP contribution in [-0.2, 0) is 4.74 Å². The van der Waals surface area contributed by atoms with Gasteiger partial charge in [-0.15, -0.1) is 0 Å². The van der Waals surface area contributed by atoms with Gasteiger partial charge in [0.1, 0.15) is 5.75 Å². The first-order chi connectivity index (χ1) is 8.72. The summed E-state index contributed by atoms with van der Waals surface area (Å²) < 4.78 is 10.8. The second-order valence-electron chi connectivity index (χ2n) is 4.09. The topological polar surface area (TPSA) is 56.8 Å². The molecule has 4 nitrogen and oxygen atoms in total.